The van der Waals surface area contributed by atoms with Crippen LogP contribution in [-0.4, -0.2) is 74.5 Å². The Labute approximate surface area is 222 Å². The molecule has 0 radical (unpaired) electrons. The number of nitrogens with zero attached hydrogens (tertiary/aromatic N) is 3. The second-order valence-electron chi connectivity index (χ2n) is 9.99. The molecule has 38 heavy (non-hydrogen) atoms. The number of fused-ring (bicyclic) bond motifs is 3. The lowest BCUT2D eigenvalue weighted by molar-refractivity contribution is -0.140. The number of piperazine rings is 1. The quantitative estimate of drug-likeness (QED) is 0.298. The molecule has 12 heteroatoms. The van der Waals surface area contributed by atoms with E-state index in [2.05, 4.69) is 37.7 Å². The number of anilines is 1. The molecule has 1 saturated heterocycles. The topological polar surface area (TPSA) is 166 Å². The number of carboxylic acid groups (broad SMARTS) is 1. The molecule has 2 fully saturated rings. The van der Waals surface area contributed by atoms with Crippen LogP contribution in [0.5, 0.6) is 0 Å². The first kappa shape index (κ1) is 24.4. The number of hydrogen-bond donors (Lipinski definition) is 5. The summed E-state index contributed by atoms with van der Waals surface area (Å²) in [4.78, 5) is 50.5. The van der Waals surface area contributed by atoms with Gasteiger partial charge in [0.1, 0.15) is 17.4 Å². The van der Waals surface area contributed by atoms with Crippen molar-refractivity contribution >= 4 is 46.2 Å². The molecule has 2 aliphatic carbocycles. The normalized spacial score (nSPS) is 26.1. The number of nitrogens with one attached hydrogen (secondary N) is 3. The summed E-state index contributed by atoms with van der Waals surface area (Å²) in [5.74, 6) is -1.13. The van der Waals surface area contributed by atoms with Crippen molar-refractivity contribution < 1.29 is 19.5 Å². The van der Waals surface area contributed by atoms with Crippen molar-refractivity contribution in [2.75, 3.05) is 25.0 Å². The standard InChI is InChI=1S/C26H26ClN7O4/c27-16-10-30-24-21(20(16)31-19-13-5-4-12(8-13)18(19)22(28)35)32-23(33-24)14-2-1-3-15(9-14)25(36)34-7-6-29-17(11-34)26(37)38/h1-5,9-10,12-13,17-19,29H,6-8,11H2,(H2,28,35)(H,37,38)(H2,30,31,32,33)/t12-,13-,17?,18-,19-/m1/s1. The van der Waals surface area contributed by atoms with Crippen molar-refractivity contribution in [3.05, 3.63) is 53.2 Å². The minimum absolute atomic E-state index is 0.0883. The third kappa shape index (κ3) is 4.17. The highest BCUT2D eigenvalue weighted by Gasteiger charge is 2.47. The number of aromatic nitrogens is 3. The van der Waals surface area contributed by atoms with Gasteiger partial charge in [-0.05, 0) is 30.4 Å². The molecule has 11 nitrogen and oxygen atoms in total. The number of carboxylic acids is 1. The third-order valence-corrected chi connectivity index (χ3v) is 8.00. The molecule has 5 atom stereocenters. The van der Waals surface area contributed by atoms with Gasteiger partial charge < -0.3 is 31.4 Å². The van der Waals surface area contributed by atoms with Crippen LogP contribution in [-0.2, 0) is 9.59 Å². The van der Waals surface area contributed by atoms with E-state index in [-0.39, 0.29) is 42.2 Å². The molecule has 1 unspecified atom stereocenters. The van der Waals surface area contributed by atoms with Crippen molar-refractivity contribution in [1.82, 2.24) is 25.2 Å². The molecule has 3 aliphatic rings. The highest BCUT2D eigenvalue weighted by atomic mass is 35.5. The molecule has 2 aromatic heterocycles. The maximum absolute atomic E-state index is 13.2. The summed E-state index contributed by atoms with van der Waals surface area (Å²) >= 11 is 6.55. The first-order valence-corrected chi connectivity index (χ1v) is 12.8. The predicted octanol–water partition coefficient (Wildman–Crippen LogP) is 1.86. The maximum atomic E-state index is 13.2. The Morgan fingerprint density at radius 1 is 1.21 bits per heavy atom. The summed E-state index contributed by atoms with van der Waals surface area (Å²) in [6.45, 7) is 0.910. The van der Waals surface area contributed by atoms with Crippen LogP contribution < -0.4 is 16.4 Å². The van der Waals surface area contributed by atoms with Gasteiger partial charge >= 0.3 is 5.97 Å². The van der Waals surface area contributed by atoms with Gasteiger partial charge in [-0.3, -0.25) is 14.4 Å². The number of aromatic amines is 1. The van der Waals surface area contributed by atoms with Crippen molar-refractivity contribution in [2.24, 2.45) is 23.5 Å². The van der Waals surface area contributed by atoms with Crippen LogP contribution in [0.1, 0.15) is 16.8 Å². The number of carbonyl (C=O) groups excluding carboxylic acids is 2. The van der Waals surface area contributed by atoms with Gasteiger partial charge in [-0.2, -0.15) is 0 Å². The van der Waals surface area contributed by atoms with Gasteiger partial charge in [0.05, 0.1) is 22.8 Å². The Morgan fingerprint density at radius 3 is 2.82 bits per heavy atom. The van der Waals surface area contributed by atoms with Gasteiger partial charge in [-0.25, -0.2) is 9.97 Å². The molecule has 1 aliphatic heterocycles. The fraction of sp³-hybridized carbons (Fsp3) is 0.346. The number of H-pyrrole nitrogens is 1. The maximum Gasteiger partial charge on any atom is 0.322 e. The van der Waals surface area contributed by atoms with Crippen LogP contribution >= 0.6 is 11.6 Å². The lowest BCUT2D eigenvalue weighted by Gasteiger charge is -2.31. The highest BCUT2D eigenvalue weighted by molar-refractivity contribution is 6.34. The minimum atomic E-state index is -0.988. The number of halogens is 1. The van der Waals surface area contributed by atoms with E-state index in [1.807, 2.05) is 6.07 Å². The average molecular weight is 536 g/mol. The van der Waals surface area contributed by atoms with Crippen molar-refractivity contribution in [2.45, 2.75) is 18.5 Å². The minimum Gasteiger partial charge on any atom is -0.480 e. The number of amides is 2. The molecular weight excluding hydrogens is 510 g/mol. The Hall–Kier alpha value is -3.96. The fourth-order valence-electron chi connectivity index (χ4n) is 5.87. The van der Waals surface area contributed by atoms with Gasteiger partial charge in [0.2, 0.25) is 5.91 Å². The van der Waals surface area contributed by atoms with E-state index in [0.29, 0.717) is 51.9 Å². The van der Waals surface area contributed by atoms with E-state index < -0.39 is 12.0 Å². The first-order chi connectivity index (χ1) is 18.3. The zero-order valence-corrected chi connectivity index (χ0v) is 21.0. The van der Waals surface area contributed by atoms with Crippen molar-refractivity contribution in [3.63, 3.8) is 0 Å². The molecule has 196 valence electrons. The molecule has 2 bridgehead atoms. The summed E-state index contributed by atoms with van der Waals surface area (Å²) in [6, 6.07) is 6.01. The molecule has 1 aromatic carbocycles. The molecule has 3 aromatic rings. The number of rotatable bonds is 6. The van der Waals surface area contributed by atoms with E-state index in [1.54, 1.807) is 18.2 Å². The lowest BCUT2D eigenvalue weighted by atomic mass is 9.88. The number of primary amides is 1. The first-order valence-electron chi connectivity index (χ1n) is 12.4. The fourth-order valence-corrected chi connectivity index (χ4v) is 6.06. The molecule has 6 rings (SSSR count). The van der Waals surface area contributed by atoms with Gasteiger partial charge in [-0.15, -0.1) is 0 Å². The van der Waals surface area contributed by atoms with Gasteiger partial charge in [0.15, 0.2) is 5.65 Å². The summed E-state index contributed by atoms with van der Waals surface area (Å²) in [7, 11) is 0. The molecule has 2 amide bonds. The van der Waals surface area contributed by atoms with Crippen LogP contribution in [0.15, 0.2) is 42.6 Å². The number of carbonyl (C=O) groups is 3. The molecule has 1 saturated carbocycles. The number of allylic oxidation sites excluding steroid dienone is 1. The number of imidazole rings is 1. The van der Waals surface area contributed by atoms with E-state index in [0.717, 1.165) is 6.42 Å². The van der Waals surface area contributed by atoms with Gasteiger partial charge in [-0.1, -0.05) is 35.9 Å². The second kappa shape index (κ2) is 9.41. The van der Waals surface area contributed by atoms with Crippen molar-refractivity contribution in [1.29, 1.82) is 0 Å². The zero-order chi connectivity index (χ0) is 26.6. The Bertz CT molecular complexity index is 1490. The van der Waals surface area contributed by atoms with E-state index in [1.165, 1.54) is 11.1 Å². The smallest absolute Gasteiger partial charge is 0.322 e. The highest BCUT2D eigenvalue weighted by Crippen LogP contribution is 2.46. The van der Waals surface area contributed by atoms with Gasteiger partial charge in [0, 0.05) is 36.8 Å². The summed E-state index contributed by atoms with van der Waals surface area (Å²) in [5.41, 5.74) is 8.45. The Kier molecular flexibility index (Phi) is 6.04. The monoisotopic (exact) mass is 535 g/mol. The third-order valence-electron chi connectivity index (χ3n) is 7.72. The molecular formula is C26H26ClN7O4. The average Bonchev–Trinajstić information content (AvgIpc) is 3.65. The Morgan fingerprint density at radius 2 is 2.03 bits per heavy atom. The molecule has 3 heterocycles. The van der Waals surface area contributed by atoms with Crippen LogP contribution in [0.2, 0.25) is 5.02 Å². The van der Waals surface area contributed by atoms with E-state index >= 15 is 0 Å². The van der Waals surface area contributed by atoms with Crippen LogP contribution in [0.4, 0.5) is 5.69 Å². The van der Waals surface area contributed by atoms with Gasteiger partial charge in [0.25, 0.3) is 5.91 Å². The molecule has 0 spiro atoms. The summed E-state index contributed by atoms with van der Waals surface area (Å²) < 4.78 is 0. The SMILES string of the molecule is NC(=O)[C@H]1[C@H](Nc2c(Cl)cnc3nc(-c4cccc(C(=O)N5CCNC(C(=O)O)C5)c4)[nH]c23)[C@@H]2C=C[C@@H]1C2. The summed E-state index contributed by atoms with van der Waals surface area (Å²) in [5, 5.41) is 16.1. The van der Waals surface area contributed by atoms with Crippen molar-refractivity contribution in [3.8, 4) is 11.4 Å². The Balaban J connectivity index is 1.30. The number of aliphatic carboxylic acids is 1. The predicted molar refractivity (Wildman–Crippen MR) is 140 cm³/mol. The molecule has 6 N–H and O–H groups in total. The lowest BCUT2D eigenvalue weighted by Crippen LogP contribution is -2.55. The van der Waals surface area contributed by atoms with E-state index in [9.17, 15) is 19.5 Å². The van der Waals surface area contributed by atoms with Crippen LogP contribution in [0.3, 0.4) is 0 Å². The zero-order valence-electron chi connectivity index (χ0n) is 20.2. The van der Waals surface area contributed by atoms with E-state index in [4.69, 9.17) is 17.3 Å². The number of nitrogens with two attached hydrogens (primary N) is 1. The second-order valence-corrected chi connectivity index (χ2v) is 10.4. The number of hydrogen-bond acceptors (Lipinski definition) is 7. The van der Waals surface area contributed by atoms with Crippen LogP contribution in [0, 0.1) is 17.8 Å². The summed E-state index contributed by atoms with van der Waals surface area (Å²) in [6.07, 6.45) is 6.56. The number of pyridine rings is 1. The van der Waals surface area contributed by atoms with Crippen LogP contribution in [0.25, 0.3) is 22.6 Å². The number of benzene rings is 1. The largest absolute Gasteiger partial charge is 0.480 e.